The van der Waals surface area contributed by atoms with Crippen LogP contribution < -0.4 is 16.0 Å². The molecule has 8 nitrogen and oxygen atoms in total. The van der Waals surface area contributed by atoms with E-state index in [0.29, 0.717) is 29.9 Å². The second-order valence-corrected chi connectivity index (χ2v) is 9.57. The lowest BCUT2D eigenvalue weighted by molar-refractivity contribution is -0.125. The van der Waals surface area contributed by atoms with Gasteiger partial charge in [-0.1, -0.05) is 31.4 Å². The third kappa shape index (κ3) is 4.99. The molecule has 1 aliphatic carbocycles. The number of anilines is 1. The smallest absolute Gasteiger partial charge is 0.285 e. The standard InChI is InChI=1S/C23H26N4O4S/c28-22(16-6-2-1-3-7-16)24-14-15-25-23(29)17-10-12-18(13-11-17)26-21-19-8-4-5-9-20(19)32(30,31)27-21/h4-5,8-13,16H,1-3,6-7,14-15H2,(H,24,28)(H,25,29)(H,26,27). The number of hydrogen-bond donors (Lipinski definition) is 3. The predicted octanol–water partition coefficient (Wildman–Crippen LogP) is 2.67. The summed E-state index contributed by atoms with van der Waals surface area (Å²) in [6.45, 7) is 0.747. The van der Waals surface area contributed by atoms with Gasteiger partial charge in [0, 0.05) is 35.8 Å². The molecule has 0 unspecified atom stereocenters. The highest BCUT2D eigenvalue weighted by molar-refractivity contribution is 7.90. The molecule has 9 heteroatoms. The van der Waals surface area contributed by atoms with E-state index >= 15 is 0 Å². The number of nitrogens with one attached hydrogen (secondary N) is 3. The van der Waals surface area contributed by atoms with Gasteiger partial charge in [-0.15, -0.1) is 4.40 Å². The van der Waals surface area contributed by atoms with Crippen LogP contribution in [0, 0.1) is 5.92 Å². The van der Waals surface area contributed by atoms with E-state index in [2.05, 4.69) is 20.3 Å². The van der Waals surface area contributed by atoms with Crippen LogP contribution in [0.25, 0.3) is 0 Å². The van der Waals surface area contributed by atoms with Crippen molar-refractivity contribution in [3.8, 4) is 0 Å². The van der Waals surface area contributed by atoms with Gasteiger partial charge in [-0.25, -0.2) is 0 Å². The number of sulfonamides is 1. The van der Waals surface area contributed by atoms with Crippen molar-refractivity contribution in [2.75, 3.05) is 18.4 Å². The van der Waals surface area contributed by atoms with Crippen molar-refractivity contribution in [1.82, 2.24) is 10.6 Å². The Balaban J connectivity index is 1.27. The Labute approximate surface area is 187 Å². The number of amidine groups is 1. The minimum atomic E-state index is -3.69. The summed E-state index contributed by atoms with van der Waals surface area (Å²) in [5.41, 5.74) is 1.60. The Morgan fingerprint density at radius 2 is 1.59 bits per heavy atom. The highest BCUT2D eigenvalue weighted by Gasteiger charge is 2.28. The predicted molar refractivity (Wildman–Crippen MR) is 122 cm³/mol. The molecule has 0 aromatic heterocycles. The van der Waals surface area contributed by atoms with E-state index in [9.17, 15) is 18.0 Å². The van der Waals surface area contributed by atoms with Gasteiger partial charge in [-0.2, -0.15) is 8.42 Å². The summed E-state index contributed by atoms with van der Waals surface area (Å²) in [7, 11) is -3.69. The number of carbonyl (C=O) groups excluding carboxylic acids is 2. The largest absolute Gasteiger partial charge is 0.354 e. The van der Waals surface area contributed by atoms with Crippen LogP contribution in [-0.4, -0.2) is 39.2 Å². The Morgan fingerprint density at radius 3 is 2.34 bits per heavy atom. The quantitative estimate of drug-likeness (QED) is 0.580. The zero-order chi connectivity index (χ0) is 22.6. The molecule has 1 heterocycles. The van der Waals surface area contributed by atoms with E-state index in [4.69, 9.17) is 0 Å². The SMILES string of the molecule is O=C(NCCNC(=O)C1CCCCC1)c1ccc(NC2=NS(=O)(=O)c3ccccc32)cc1. The van der Waals surface area contributed by atoms with E-state index < -0.39 is 10.0 Å². The Morgan fingerprint density at radius 1 is 0.906 bits per heavy atom. The molecule has 1 aliphatic heterocycles. The number of amides is 2. The van der Waals surface area contributed by atoms with Crippen LogP contribution in [0.5, 0.6) is 0 Å². The van der Waals surface area contributed by atoms with Gasteiger partial charge in [0.2, 0.25) is 5.91 Å². The van der Waals surface area contributed by atoms with Crippen LogP contribution >= 0.6 is 0 Å². The summed E-state index contributed by atoms with van der Waals surface area (Å²) in [6.07, 6.45) is 5.31. The zero-order valence-corrected chi connectivity index (χ0v) is 18.5. The highest BCUT2D eigenvalue weighted by Crippen LogP contribution is 2.27. The van der Waals surface area contributed by atoms with E-state index in [1.807, 2.05) is 0 Å². The summed E-state index contributed by atoms with van der Waals surface area (Å²) in [5, 5.41) is 8.70. The second-order valence-electron chi connectivity index (χ2n) is 8.00. The van der Waals surface area contributed by atoms with Crippen molar-refractivity contribution in [2.45, 2.75) is 37.0 Å². The summed E-state index contributed by atoms with van der Waals surface area (Å²) in [6, 6.07) is 13.3. The van der Waals surface area contributed by atoms with Crippen LogP contribution in [0.4, 0.5) is 5.69 Å². The van der Waals surface area contributed by atoms with Gasteiger partial charge < -0.3 is 16.0 Å². The summed E-state index contributed by atoms with van der Waals surface area (Å²) in [5.74, 6) is 0.194. The molecule has 0 atom stereocenters. The molecule has 3 N–H and O–H groups in total. The molecule has 2 amide bonds. The lowest BCUT2D eigenvalue weighted by Gasteiger charge is -2.20. The molecule has 0 spiro atoms. The monoisotopic (exact) mass is 454 g/mol. The number of carbonyl (C=O) groups is 2. The van der Waals surface area contributed by atoms with Crippen molar-refractivity contribution >= 4 is 33.4 Å². The van der Waals surface area contributed by atoms with Crippen molar-refractivity contribution in [1.29, 1.82) is 0 Å². The lowest BCUT2D eigenvalue weighted by atomic mass is 9.89. The minimum absolute atomic E-state index is 0.0767. The highest BCUT2D eigenvalue weighted by atomic mass is 32.2. The van der Waals surface area contributed by atoms with Crippen LogP contribution in [0.3, 0.4) is 0 Å². The Bertz CT molecular complexity index is 1140. The third-order valence-electron chi connectivity index (χ3n) is 5.73. The van der Waals surface area contributed by atoms with Crippen LogP contribution in [0.1, 0.15) is 48.0 Å². The van der Waals surface area contributed by atoms with Crippen LogP contribution in [0.2, 0.25) is 0 Å². The molecule has 0 bridgehead atoms. The van der Waals surface area contributed by atoms with Crippen molar-refractivity contribution in [2.24, 2.45) is 10.3 Å². The molecule has 32 heavy (non-hydrogen) atoms. The van der Waals surface area contributed by atoms with Gasteiger partial charge in [-0.3, -0.25) is 9.59 Å². The number of fused-ring (bicyclic) bond motifs is 1. The topological polar surface area (TPSA) is 117 Å². The van der Waals surface area contributed by atoms with E-state index in [-0.39, 0.29) is 28.5 Å². The Hall–Kier alpha value is -3.20. The van der Waals surface area contributed by atoms with Gasteiger partial charge in [0.15, 0.2) is 5.84 Å². The molecule has 2 aromatic rings. The summed E-state index contributed by atoms with van der Waals surface area (Å²) in [4.78, 5) is 24.7. The summed E-state index contributed by atoms with van der Waals surface area (Å²) >= 11 is 0. The molecule has 2 aromatic carbocycles. The van der Waals surface area contributed by atoms with E-state index in [0.717, 1.165) is 25.7 Å². The van der Waals surface area contributed by atoms with Gasteiger partial charge in [0.05, 0.1) is 0 Å². The molecule has 1 saturated carbocycles. The maximum atomic E-state index is 12.3. The molecular weight excluding hydrogens is 428 g/mol. The van der Waals surface area contributed by atoms with Gasteiger partial charge in [0.1, 0.15) is 4.90 Å². The maximum Gasteiger partial charge on any atom is 0.285 e. The maximum absolute atomic E-state index is 12.3. The minimum Gasteiger partial charge on any atom is -0.354 e. The van der Waals surface area contributed by atoms with Crippen molar-refractivity contribution < 1.29 is 18.0 Å². The zero-order valence-electron chi connectivity index (χ0n) is 17.6. The first-order valence-electron chi connectivity index (χ1n) is 10.8. The first-order valence-corrected chi connectivity index (χ1v) is 12.3. The van der Waals surface area contributed by atoms with Gasteiger partial charge >= 0.3 is 0 Å². The second kappa shape index (κ2) is 9.52. The third-order valence-corrected chi connectivity index (χ3v) is 7.06. The first kappa shape index (κ1) is 22.0. The molecule has 4 rings (SSSR count). The number of hydrogen-bond acceptors (Lipinski definition) is 5. The summed E-state index contributed by atoms with van der Waals surface area (Å²) < 4.78 is 28.1. The Kier molecular flexibility index (Phi) is 6.55. The number of nitrogens with zero attached hydrogens (tertiary/aromatic N) is 1. The average molecular weight is 455 g/mol. The van der Waals surface area contributed by atoms with Crippen molar-refractivity contribution in [3.63, 3.8) is 0 Å². The fraction of sp³-hybridized carbons (Fsp3) is 0.348. The van der Waals surface area contributed by atoms with E-state index in [1.165, 1.54) is 12.5 Å². The van der Waals surface area contributed by atoms with E-state index in [1.54, 1.807) is 42.5 Å². The molecule has 168 valence electrons. The van der Waals surface area contributed by atoms with Gasteiger partial charge in [0.25, 0.3) is 15.9 Å². The molecular formula is C23H26N4O4S. The van der Waals surface area contributed by atoms with Crippen LogP contribution in [-0.2, 0) is 14.8 Å². The van der Waals surface area contributed by atoms with Gasteiger partial charge in [-0.05, 0) is 49.2 Å². The molecule has 0 radical (unpaired) electrons. The average Bonchev–Trinajstić information content (AvgIpc) is 3.07. The number of benzene rings is 2. The fourth-order valence-corrected chi connectivity index (χ4v) is 5.19. The fourth-order valence-electron chi connectivity index (χ4n) is 4.01. The molecule has 0 saturated heterocycles. The van der Waals surface area contributed by atoms with Crippen LogP contribution in [0.15, 0.2) is 57.8 Å². The molecule has 2 aliphatic rings. The molecule has 1 fully saturated rings. The normalized spacial score (nSPS) is 17.2. The number of rotatable bonds is 6. The first-order chi connectivity index (χ1) is 15.4. The lowest BCUT2D eigenvalue weighted by Crippen LogP contribution is -2.38. The van der Waals surface area contributed by atoms with Crippen molar-refractivity contribution in [3.05, 3.63) is 59.7 Å².